The van der Waals surface area contributed by atoms with Gasteiger partial charge in [-0.25, -0.2) is 0 Å². The van der Waals surface area contributed by atoms with Crippen molar-refractivity contribution < 1.29 is 13.2 Å². The van der Waals surface area contributed by atoms with Gasteiger partial charge in [0.05, 0.1) is 5.57 Å². The molecule has 0 spiro atoms. The molecule has 0 radical (unpaired) electrons. The Kier molecular flexibility index (Phi) is 4.92. The summed E-state index contributed by atoms with van der Waals surface area (Å²) in [6.07, 6.45) is 2.92. The van der Waals surface area contributed by atoms with Crippen molar-refractivity contribution >= 4 is 11.1 Å². The minimum atomic E-state index is -4.37. The Labute approximate surface area is 124 Å². The van der Waals surface area contributed by atoms with Gasteiger partial charge >= 0.3 is 6.18 Å². The molecular weight excluding hydrogens is 273 g/mol. The summed E-state index contributed by atoms with van der Waals surface area (Å²) < 4.78 is 37.8. The first-order chi connectivity index (χ1) is 9.88. The van der Waals surface area contributed by atoms with Gasteiger partial charge in [-0.2, -0.15) is 13.2 Å². The third kappa shape index (κ3) is 4.23. The molecule has 21 heavy (non-hydrogen) atoms. The minimum Gasteiger partial charge on any atom is -0.166 e. The molecule has 0 saturated heterocycles. The SMILES string of the molecule is C=C(CC1CCCCC1)c1ccc(C(=C)C(F)(F)F)cc1. The maximum Gasteiger partial charge on any atom is 0.416 e. The van der Waals surface area contributed by atoms with E-state index >= 15 is 0 Å². The van der Waals surface area contributed by atoms with Crippen molar-refractivity contribution in [1.29, 1.82) is 0 Å². The van der Waals surface area contributed by atoms with Crippen LogP contribution in [0.1, 0.15) is 49.7 Å². The summed E-state index contributed by atoms with van der Waals surface area (Å²) >= 11 is 0. The van der Waals surface area contributed by atoms with Gasteiger partial charge in [-0.1, -0.05) is 69.5 Å². The first kappa shape index (κ1) is 15.9. The largest absolute Gasteiger partial charge is 0.416 e. The Morgan fingerprint density at radius 2 is 1.48 bits per heavy atom. The van der Waals surface area contributed by atoms with Gasteiger partial charge in [0.2, 0.25) is 0 Å². The third-order valence-corrected chi connectivity index (χ3v) is 4.24. The Morgan fingerprint density at radius 1 is 0.952 bits per heavy atom. The minimum absolute atomic E-state index is 0.122. The highest BCUT2D eigenvalue weighted by atomic mass is 19.4. The van der Waals surface area contributed by atoms with Gasteiger partial charge in [0.15, 0.2) is 0 Å². The highest BCUT2D eigenvalue weighted by Crippen LogP contribution is 2.34. The number of alkyl halides is 3. The molecule has 0 nitrogen and oxygen atoms in total. The maximum atomic E-state index is 12.6. The van der Waals surface area contributed by atoms with E-state index in [1.807, 2.05) is 0 Å². The zero-order chi connectivity index (χ0) is 15.5. The summed E-state index contributed by atoms with van der Waals surface area (Å²) in [4.78, 5) is 0. The number of allylic oxidation sites excluding steroid dienone is 2. The number of rotatable bonds is 4. The van der Waals surface area contributed by atoms with Crippen LogP contribution in [0.4, 0.5) is 13.2 Å². The normalized spacial score (nSPS) is 16.7. The van der Waals surface area contributed by atoms with Gasteiger partial charge in [0, 0.05) is 0 Å². The quantitative estimate of drug-likeness (QED) is 0.616. The molecule has 3 heteroatoms. The van der Waals surface area contributed by atoms with E-state index in [1.165, 1.54) is 44.2 Å². The fourth-order valence-electron chi connectivity index (χ4n) is 2.93. The Bertz CT molecular complexity index is 502. The van der Waals surface area contributed by atoms with Crippen molar-refractivity contribution in [3.05, 3.63) is 48.6 Å². The number of halogens is 3. The van der Waals surface area contributed by atoms with Gasteiger partial charge in [-0.3, -0.25) is 0 Å². The number of hydrogen-bond acceptors (Lipinski definition) is 0. The average molecular weight is 294 g/mol. The van der Waals surface area contributed by atoms with Crippen molar-refractivity contribution in [2.24, 2.45) is 5.92 Å². The standard InChI is InChI=1S/C18H21F3/c1-13(12-15-6-4-3-5-7-15)16-8-10-17(11-9-16)14(2)18(19,20)21/h8-11,15H,1-7,12H2. The Hall–Kier alpha value is -1.51. The molecule has 0 bridgehead atoms. The van der Waals surface area contributed by atoms with Crippen LogP contribution in [0.3, 0.4) is 0 Å². The van der Waals surface area contributed by atoms with Gasteiger partial charge in [-0.15, -0.1) is 0 Å². The van der Waals surface area contributed by atoms with E-state index in [9.17, 15) is 13.2 Å². The number of hydrogen-bond donors (Lipinski definition) is 0. The second-order valence-corrected chi connectivity index (χ2v) is 5.87. The van der Waals surface area contributed by atoms with Crippen molar-refractivity contribution in [2.75, 3.05) is 0 Å². The Morgan fingerprint density at radius 3 is 2.00 bits per heavy atom. The number of benzene rings is 1. The molecule has 0 unspecified atom stereocenters. The van der Waals surface area contributed by atoms with Gasteiger partial charge in [0.1, 0.15) is 0 Å². The summed E-state index contributed by atoms with van der Waals surface area (Å²) in [5, 5.41) is 0. The maximum absolute atomic E-state index is 12.6. The van der Waals surface area contributed by atoms with Gasteiger partial charge in [-0.05, 0) is 29.0 Å². The summed E-state index contributed by atoms with van der Waals surface area (Å²) in [5.41, 5.74) is 1.27. The molecular formula is C18H21F3. The van der Waals surface area contributed by atoms with Gasteiger partial charge < -0.3 is 0 Å². The molecule has 1 aliphatic rings. The molecule has 1 aliphatic carbocycles. The van der Waals surface area contributed by atoms with E-state index < -0.39 is 11.7 Å². The van der Waals surface area contributed by atoms with Crippen LogP contribution in [0.15, 0.2) is 37.4 Å². The van der Waals surface area contributed by atoms with E-state index in [0.717, 1.165) is 17.6 Å². The molecule has 114 valence electrons. The molecule has 0 atom stereocenters. The summed E-state index contributed by atoms with van der Waals surface area (Å²) in [6, 6.07) is 6.41. The molecule has 1 aromatic carbocycles. The average Bonchev–Trinajstić information content (AvgIpc) is 2.46. The fourth-order valence-corrected chi connectivity index (χ4v) is 2.93. The lowest BCUT2D eigenvalue weighted by molar-refractivity contribution is -0.0686. The smallest absolute Gasteiger partial charge is 0.166 e. The van der Waals surface area contributed by atoms with E-state index in [2.05, 4.69) is 13.2 Å². The zero-order valence-electron chi connectivity index (χ0n) is 12.2. The van der Waals surface area contributed by atoms with Crippen LogP contribution in [0.25, 0.3) is 11.1 Å². The van der Waals surface area contributed by atoms with Crippen molar-refractivity contribution in [3.63, 3.8) is 0 Å². The molecule has 1 saturated carbocycles. The molecule has 0 aliphatic heterocycles. The summed E-state index contributed by atoms with van der Waals surface area (Å²) in [5.74, 6) is 0.677. The fraction of sp³-hybridized carbons (Fsp3) is 0.444. The zero-order valence-corrected chi connectivity index (χ0v) is 12.2. The van der Waals surface area contributed by atoms with Crippen LogP contribution in [0.2, 0.25) is 0 Å². The molecule has 0 N–H and O–H groups in total. The van der Waals surface area contributed by atoms with Crippen molar-refractivity contribution in [3.8, 4) is 0 Å². The predicted octanol–water partition coefficient (Wildman–Crippen LogP) is 6.25. The van der Waals surface area contributed by atoms with E-state index in [1.54, 1.807) is 12.1 Å². The molecule has 2 rings (SSSR count). The van der Waals surface area contributed by atoms with E-state index in [0.29, 0.717) is 5.92 Å². The van der Waals surface area contributed by atoms with Crippen LogP contribution < -0.4 is 0 Å². The molecule has 0 aromatic heterocycles. The molecule has 0 amide bonds. The highest BCUT2D eigenvalue weighted by Gasteiger charge is 2.32. The predicted molar refractivity (Wildman–Crippen MR) is 81.8 cm³/mol. The van der Waals surface area contributed by atoms with E-state index in [-0.39, 0.29) is 5.56 Å². The van der Waals surface area contributed by atoms with Crippen molar-refractivity contribution in [2.45, 2.75) is 44.7 Å². The highest BCUT2D eigenvalue weighted by molar-refractivity contribution is 5.70. The summed E-state index contributed by atoms with van der Waals surface area (Å²) in [7, 11) is 0. The van der Waals surface area contributed by atoms with Gasteiger partial charge in [0.25, 0.3) is 0 Å². The molecule has 1 aromatic rings. The van der Waals surface area contributed by atoms with Crippen LogP contribution in [0, 0.1) is 5.92 Å². The lowest BCUT2D eigenvalue weighted by Crippen LogP contribution is -2.09. The second kappa shape index (κ2) is 6.50. The van der Waals surface area contributed by atoms with Crippen molar-refractivity contribution in [1.82, 2.24) is 0 Å². The van der Waals surface area contributed by atoms with Crippen LogP contribution in [-0.2, 0) is 0 Å². The first-order valence-electron chi connectivity index (χ1n) is 7.42. The second-order valence-electron chi connectivity index (χ2n) is 5.87. The van der Waals surface area contributed by atoms with Crippen LogP contribution in [0.5, 0.6) is 0 Å². The summed E-state index contributed by atoms with van der Waals surface area (Å²) in [6.45, 7) is 7.21. The lowest BCUT2D eigenvalue weighted by atomic mass is 9.83. The lowest BCUT2D eigenvalue weighted by Gasteiger charge is -2.22. The van der Waals surface area contributed by atoms with Crippen LogP contribution >= 0.6 is 0 Å². The van der Waals surface area contributed by atoms with E-state index in [4.69, 9.17) is 0 Å². The monoisotopic (exact) mass is 294 g/mol. The Balaban J connectivity index is 2.01. The molecule has 1 fully saturated rings. The van der Waals surface area contributed by atoms with Crippen LogP contribution in [-0.4, -0.2) is 6.18 Å². The third-order valence-electron chi connectivity index (χ3n) is 4.24. The topological polar surface area (TPSA) is 0 Å². The first-order valence-corrected chi connectivity index (χ1v) is 7.42. The molecule has 0 heterocycles.